The number of benzene rings is 2. The lowest BCUT2D eigenvalue weighted by Crippen LogP contribution is -2.29. The number of non-ortho nitro benzene ring substituents is 1. The maximum Gasteiger partial charge on any atom is 0.317 e. The molecule has 0 spiro atoms. The fraction of sp³-hybridized carbons (Fsp3) is 0.250. The summed E-state index contributed by atoms with van der Waals surface area (Å²) in [5.41, 5.74) is 19.8. The molecule has 1 atom stereocenters. The summed E-state index contributed by atoms with van der Waals surface area (Å²) < 4.78 is 1.93. The number of amides is 2. The molecule has 168 valence electrons. The number of anilines is 1. The highest BCUT2D eigenvalue weighted by Gasteiger charge is 2.14. The van der Waals surface area contributed by atoms with E-state index in [0.29, 0.717) is 18.9 Å². The van der Waals surface area contributed by atoms with Crippen molar-refractivity contribution in [2.45, 2.75) is 25.4 Å². The second-order valence-corrected chi connectivity index (χ2v) is 6.90. The molecule has 0 bridgehead atoms. The average Bonchev–Trinajstić information content (AvgIpc) is 3.02. The zero-order valence-electron chi connectivity index (χ0n) is 16.7. The molecule has 11 heteroatoms. The molecular formula is C20H26Cl2N6O3. The van der Waals surface area contributed by atoms with Crippen LogP contribution in [-0.4, -0.2) is 28.1 Å². The Morgan fingerprint density at radius 1 is 1.10 bits per heavy atom. The minimum Gasteiger partial charge on any atom is -0.351 e. The SMILES string of the molecule is Cl.Cl.NCCCC(N)Cn1c(NC(N)=O)cc2ccc(-c3ccc([N+](=O)[O-])cc3)cc21. The summed E-state index contributed by atoms with van der Waals surface area (Å²) in [6, 6.07) is 13.3. The van der Waals surface area contributed by atoms with Gasteiger partial charge in [0.25, 0.3) is 5.69 Å². The second kappa shape index (κ2) is 11.5. The first-order chi connectivity index (χ1) is 13.9. The summed E-state index contributed by atoms with van der Waals surface area (Å²) in [5, 5.41) is 14.4. The van der Waals surface area contributed by atoms with Gasteiger partial charge in [0.2, 0.25) is 0 Å². The number of rotatable bonds is 8. The van der Waals surface area contributed by atoms with Gasteiger partial charge in [0.1, 0.15) is 5.82 Å². The van der Waals surface area contributed by atoms with Crippen LogP contribution >= 0.6 is 24.8 Å². The van der Waals surface area contributed by atoms with Crippen LogP contribution in [0.3, 0.4) is 0 Å². The highest BCUT2D eigenvalue weighted by atomic mass is 35.5. The molecule has 1 heterocycles. The largest absolute Gasteiger partial charge is 0.351 e. The number of urea groups is 1. The predicted octanol–water partition coefficient (Wildman–Crippen LogP) is 3.62. The van der Waals surface area contributed by atoms with Crippen LogP contribution in [0.4, 0.5) is 16.3 Å². The fourth-order valence-electron chi connectivity index (χ4n) is 3.34. The van der Waals surface area contributed by atoms with Crippen molar-refractivity contribution in [1.29, 1.82) is 0 Å². The first-order valence-electron chi connectivity index (χ1n) is 9.29. The minimum absolute atomic E-state index is 0. The molecule has 0 aliphatic rings. The Balaban J connectivity index is 0.00000240. The van der Waals surface area contributed by atoms with E-state index < -0.39 is 11.0 Å². The van der Waals surface area contributed by atoms with E-state index in [0.717, 1.165) is 34.9 Å². The van der Waals surface area contributed by atoms with Gasteiger partial charge in [-0.25, -0.2) is 4.79 Å². The van der Waals surface area contributed by atoms with Gasteiger partial charge in [0.05, 0.1) is 10.4 Å². The van der Waals surface area contributed by atoms with Crippen LogP contribution in [0.1, 0.15) is 12.8 Å². The van der Waals surface area contributed by atoms with Crippen LogP contribution in [0, 0.1) is 10.1 Å². The van der Waals surface area contributed by atoms with E-state index in [4.69, 9.17) is 17.2 Å². The first kappa shape index (κ1) is 26.2. The quantitative estimate of drug-likeness (QED) is 0.293. The van der Waals surface area contributed by atoms with Gasteiger partial charge in [-0.05, 0) is 54.8 Å². The molecule has 1 unspecified atom stereocenters. The number of primary amides is 1. The van der Waals surface area contributed by atoms with Gasteiger partial charge < -0.3 is 21.8 Å². The van der Waals surface area contributed by atoms with E-state index in [2.05, 4.69) is 5.32 Å². The van der Waals surface area contributed by atoms with Crippen LogP contribution in [-0.2, 0) is 6.54 Å². The van der Waals surface area contributed by atoms with Crippen molar-refractivity contribution in [3.8, 4) is 11.1 Å². The third-order valence-corrected chi connectivity index (χ3v) is 4.76. The van der Waals surface area contributed by atoms with Crippen LogP contribution in [0.2, 0.25) is 0 Å². The van der Waals surface area contributed by atoms with Crippen molar-refractivity contribution in [2.24, 2.45) is 17.2 Å². The van der Waals surface area contributed by atoms with E-state index in [1.807, 2.05) is 28.8 Å². The van der Waals surface area contributed by atoms with Crippen LogP contribution < -0.4 is 22.5 Å². The number of nitrogens with zero attached hydrogens (tertiary/aromatic N) is 2. The molecule has 1 aromatic heterocycles. The third kappa shape index (κ3) is 6.31. The molecule has 9 nitrogen and oxygen atoms in total. The van der Waals surface area contributed by atoms with Crippen molar-refractivity contribution >= 4 is 53.3 Å². The number of fused-ring (bicyclic) bond motifs is 1. The molecule has 2 amide bonds. The fourth-order valence-corrected chi connectivity index (χ4v) is 3.34. The summed E-state index contributed by atoms with van der Waals surface area (Å²) in [7, 11) is 0. The maximum absolute atomic E-state index is 11.4. The number of hydrogen-bond donors (Lipinski definition) is 4. The molecule has 0 aliphatic carbocycles. The normalized spacial score (nSPS) is 11.3. The lowest BCUT2D eigenvalue weighted by molar-refractivity contribution is -0.384. The van der Waals surface area contributed by atoms with Crippen LogP contribution in [0.5, 0.6) is 0 Å². The van der Waals surface area contributed by atoms with Crippen molar-refractivity contribution in [1.82, 2.24) is 4.57 Å². The van der Waals surface area contributed by atoms with Gasteiger partial charge in [-0.2, -0.15) is 0 Å². The molecule has 0 radical (unpaired) electrons. The summed E-state index contributed by atoms with van der Waals surface area (Å²) in [6.07, 6.45) is 1.57. The number of halogens is 2. The highest BCUT2D eigenvalue weighted by molar-refractivity contribution is 5.94. The van der Waals surface area contributed by atoms with Crippen LogP contribution in [0.25, 0.3) is 22.0 Å². The molecule has 2 aromatic carbocycles. The smallest absolute Gasteiger partial charge is 0.317 e. The Bertz CT molecular complexity index is 1040. The van der Waals surface area contributed by atoms with Crippen LogP contribution in [0.15, 0.2) is 48.5 Å². The molecule has 0 saturated heterocycles. The maximum atomic E-state index is 11.4. The van der Waals surface area contributed by atoms with E-state index in [9.17, 15) is 14.9 Å². The van der Waals surface area contributed by atoms with E-state index in [1.54, 1.807) is 12.1 Å². The number of nitro benzene ring substituents is 1. The third-order valence-electron chi connectivity index (χ3n) is 4.76. The summed E-state index contributed by atoms with van der Waals surface area (Å²) in [5.74, 6) is 0.566. The Kier molecular flexibility index (Phi) is 9.73. The number of carbonyl (C=O) groups excluding carboxylic acids is 1. The lowest BCUT2D eigenvalue weighted by Gasteiger charge is -2.16. The molecule has 31 heavy (non-hydrogen) atoms. The van der Waals surface area contributed by atoms with Crippen molar-refractivity contribution in [2.75, 3.05) is 11.9 Å². The molecule has 0 saturated carbocycles. The summed E-state index contributed by atoms with van der Waals surface area (Å²) >= 11 is 0. The number of nitrogens with one attached hydrogen (secondary N) is 1. The zero-order chi connectivity index (χ0) is 21.0. The number of nitro groups is 1. The van der Waals surface area contributed by atoms with Gasteiger partial charge in [-0.1, -0.05) is 12.1 Å². The second-order valence-electron chi connectivity index (χ2n) is 6.90. The first-order valence-corrected chi connectivity index (χ1v) is 9.29. The van der Waals surface area contributed by atoms with Gasteiger partial charge in [-0.15, -0.1) is 24.8 Å². The average molecular weight is 469 g/mol. The van der Waals surface area contributed by atoms with E-state index in [-0.39, 0.29) is 36.5 Å². The molecule has 0 fully saturated rings. The zero-order valence-corrected chi connectivity index (χ0v) is 18.3. The molecular weight excluding hydrogens is 443 g/mol. The monoisotopic (exact) mass is 468 g/mol. The predicted molar refractivity (Wildman–Crippen MR) is 128 cm³/mol. The van der Waals surface area contributed by atoms with Gasteiger partial charge in [0.15, 0.2) is 0 Å². The number of aromatic nitrogens is 1. The number of carbonyl (C=O) groups is 1. The molecule has 0 aliphatic heterocycles. The molecule has 3 rings (SSSR count). The highest BCUT2D eigenvalue weighted by Crippen LogP contribution is 2.30. The Morgan fingerprint density at radius 2 is 1.74 bits per heavy atom. The van der Waals surface area contributed by atoms with Crippen molar-refractivity contribution in [3.05, 3.63) is 58.6 Å². The van der Waals surface area contributed by atoms with E-state index in [1.165, 1.54) is 12.1 Å². The Morgan fingerprint density at radius 3 is 2.32 bits per heavy atom. The topological polar surface area (TPSA) is 155 Å². The van der Waals surface area contributed by atoms with Gasteiger partial charge >= 0.3 is 6.03 Å². The van der Waals surface area contributed by atoms with E-state index >= 15 is 0 Å². The molecule has 3 aromatic rings. The summed E-state index contributed by atoms with van der Waals surface area (Å²) in [4.78, 5) is 21.9. The lowest BCUT2D eigenvalue weighted by atomic mass is 10.0. The van der Waals surface area contributed by atoms with Gasteiger partial charge in [0, 0.05) is 30.1 Å². The number of nitrogens with two attached hydrogens (primary N) is 3. The minimum atomic E-state index is -0.653. The Hall–Kier alpha value is -2.85. The summed E-state index contributed by atoms with van der Waals surface area (Å²) in [6.45, 7) is 1.06. The number of hydrogen-bond acceptors (Lipinski definition) is 5. The Labute approximate surface area is 191 Å². The van der Waals surface area contributed by atoms with Gasteiger partial charge in [-0.3, -0.25) is 15.4 Å². The molecule has 7 N–H and O–H groups in total. The van der Waals surface area contributed by atoms with Crippen molar-refractivity contribution < 1.29 is 9.72 Å². The van der Waals surface area contributed by atoms with Crippen molar-refractivity contribution in [3.63, 3.8) is 0 Å². The standard InChI is InChI=1S/C20H24N6O3.2ClH/c21-9-1-2-16(22)12-25-18-10-14(13-5-7-17(8-6-13)26(28)29)3-4-15(18)11-19(25)24-20(23)27;;/h3-8,10-11,16H,1-2,9,12,21-22H2,(H3,23,24,27);2*1H.